The third-order valence-electron chi connectivity index (χ3n) is 3.85. The van der Waals surface area contributed by atoms with E-state index in [0.717, 1.165) is 17.0 Å². The van der Waals surface area contributed by atoms with Gasteiger partial charge in [0.1, 0.15) is 18.1 Å². The molecule has 26 heavy (non-hydrogen) atoms. The summed E-state index contributed by atoms with van der Waals surface area (Å²) < 4.78 is 42.3. The van der Waals surface area contributed by atoms with Crippen LogP contribution >= 0.6 is 0 Å². The quantitative estimate of drug-likeness (QED) is 0.869. The smallest absolute Gasteiger partial charge is 0.480 e. The lowest BCUT2D eigenvalue weighted by atomic mass is 10.1. The van der Waals surface area contributed by atoms with E-state index in [1.807, 2.05) is 0 Å². The van der Waals surface area contributed by atoms with Gasteiger partial charge in [-0.15, -0.1) is 23.4 Å². The van der Waals surface area contributed by atoms with E-state index in [1.165, 1.54) is 18.5 Å². The normalized spacial score (nSPS) is 16.9. The number of fused-ring (bicyclic) bond motifs is 1. The highest BCUT2D eigenvalue weighted by Gasteiger charge is 2.35. The van der Waals surface area contributed by atoms with Crippen LogP contribution in [-0.4, -0.2) is 49.1 Å². The molecule has 0 radical (unpaired) electrons. The fourth-order valence-corrected chi connectivity index (χ4v) is 2.70. The lowest BCUT2D eigenvalue weighted by molar-refractivity contribution is -0.274. The molecule has 1 N–H and O–H groups in total. The van der Waals surface area contributed by atoms with Crippen LogP contribution in [0.15, 0.2) is 30.6 Å². The molecule has 0 bridgehead atoms. The summed E-state index contributed by atoms with van der Waals surface area (Å²) in [5.74, 6) is -1.75. The molecule has 2 heterocycles. The minimum Gasteiger partial charge on any atom is -0.480 e. The number of ether oxygens (including phenoxy) is 1. The largest absolute Gasteiger partial charge is 0.573 e. The van der Waals surface area contributed by atoms with Crippen molar-refractivity contribution in [3.8, 4) is 5.75 Å². The fraction of sp³-hybridized carbons (Fsp3) is 0.333. The van der Waals surface area contributed by atoms with Gasteiger partial charge in [-0.3, -0.25) is 4.79 Å². The monoisotopic (exact) mass is 370 g/mol. The zero-order chi connectivity index (χ0) is 18.9. The van der Waals surface area contributed by atoms with Crippen LogP contribution in [0.3, 0.4) is 0 Å². The Balaban J connectivity index is 1.77. The van der Waals surface area contributed by atoms with Gasteiger partial charge in [0.05, 0.1) is 19.5 Å². The third-order valence-corrected chi connectivity index (χ3v) is 3.85. The number of aromatic nitrogens is 3. The molecule has 1 aromatic heterocycles. The first kappa shape index (κ1) is 17.7. The van der Waals surface area contributed by atoms with Crippen molar-refractivity contribution in [2.45, 2.75) is 31.9 Å². The van der Waals surface area contributed by atoms with Crippen LogP contribution in [-0.2, 0) is 29.1 Å². The Morgan fingerprint density at radius 3 is 2.81 bits per heavy atom. The molecule has 1 aliphatic heterocycles. The summed E-state index contributed by atoms with van der Waals surface area (Å²) in [6, 6.07) is 3.88. The summed E-state index contributed by atoms with van der Waals surface area (Å²) in [4.78, 5) is 25.2. The van der Waals surface area contributed by atoms with E-state index < -0.39 is 30.0 Å². The summed E-state index contributed by atoms with van der Waals surface area (Å²) in [5, 5.41) is 16.9. The molecule has 1 amide bonds. The van der Waals surface area contributed by atoms with E-state index in [-0.39, 0.29) is 25.1 Å². The van der Waals surface area contributed by atoms with Crippen molar-refractivity contribution in [2.75, 3.05) is 0 Å². The van der Waals surface area contributed by atoms with Gasteiger partial charge in [0.2, 0.25) is 5.91 Å². The fourth-order valence-electron chi connectivity index (χ4n) is 2.70. The van der Waals surface area contributed by atoms with Gasteiger partial charge >= 0.3 is 12.3 Å². The van der Waals surface area contributed by atoms with E-state index in [2.05, 4.69) is 14.9 Å². The topological polar surface area (TPSA) is 97.5 Å². The first-order valence-corrected chi connectivity index (χ1v) is 7.46. The van der Waals surface area contributed by atoms with Crippen molar-refractivity contribution in [2.24, 2.45) is 0 Å². The van der Waals surface area contributed by atoms with E-state index in [4.69, 9.17) is 0 Å². The van der Waals surface area contributed by atoms with E-state index >= 15 is 0 Å². The number of alkyl halides is 3. The number of carbonyl (C=O) groups is 2. The molecule has 2 aromatic rings. The maximum Gasteiger partial charge on any atom is 0.573 e. The Hall–Kier alpha value is -3.11. The van der Waals surface area contributed by atoms with Gasteiger partial charge in [-0.05, 0) is 17.7 Å². The molecule has 1 aromatic carbocycles. The summed E-state index contributed by atoms with van der Waals surface area (Å²) in [6.07, 6.45) is -3.73. The number of amides is 1. The van der Waals surface area contributed by atoms with Crippen LogP contribution in [0.5, 0.6) is 5.75 Å². The standard InChI is InChI=1S/C15H13F3N4O4/c16-15(17,18)26-10-3-1-2-9(4-10)5-13(23)22-7-12-20-19-8-21(12)6-11(22)14(24)25/h1-4,8,11H,5-7H2,(H,24,25). The predicted octanol–water partition coefficient (Wildman–Crippen LogP) is 1.21. The minimum atomic E-state index is -4.84. The molecule has 0 spiro atoms. The lowest BCUT2D eigenvalue weighted by Crippen LogP contribution is -2.51. The third kappa shape index (κ3) is 3.92. The zero-order valence-electron chi connectivity index (χ0n) is 13.2. The second kappa shape index (κ2) is 6.65. The van der Waals surface area contributed by atoms with Crippen LogP contribution in [0.25, 0.3) is 0 Å². The molecule has 3 rings (SSSR count). The van der Waals surface area contributed by atoms with Crippen molar-refractivity contribution in [1.82, 2.24) is 19.7 Å². The summed E-state index contributed by atoms with van der Waals surface area (Å²) >= 11 is 0. The van der Waals surface area contributed by atoms with Crippen LogP contribution in [0.2, 0.25) is 0 Å². The van der Waals surface area contributed by atoms with Gasteiger partial charge in [0.25, 0.3) is 0 Å². The van der Waals surface area contributed by atoms with E-state index in [0.29, 0.717) is 5.82 Å². The van der Waals surface area contributed by atoms with E-state index in [1.54, 1.807) is 4.57 Å². The summed E-state index contributed by atoms with van der Waals surface area (Å²) in [7, 11) is 0. The van der Waals surface area contributed by atoms with Gasteiger partial charge in [-0.25, -0.2) is 4.79 Å². The summed E-state index contributed by atoms with van der Waals surface area (Å²) in [5.41, 5.74) is 0.271. The molecular formula is C15H13F3N4O4. The van der Waals surface area contributed by atoms with Crippen molar-refractivity contribution in [3.05, 3.63) is 42.0 Å². The maximum absolute atomic E-state index is 12.6. The number of carboxylic acid groups (broad SMARTS) is 1. The average molecular weight is 370 g/mol. The number of hydrogen-bond donors (Lipinski definition) is 1. The number of nitrogens with zero attached hydrogens (tertiary/aromatic N) is 4. The number of rotatable bonds is 4. The maximum atomic E-state index is 12.6. The number of carbonyl (C=O) groups excluding carboxylic acids is 1. The Bertz CT molecular complexity index is 836. The Labute approximate surface area is 144 Å². The highest BCUT2D eigenvalue weighted by atomic mass is 19.4. The number of hydrogen-bond acceptors (Lipinski definition) is 5. The summed E-state index contributed by atoms with van der Waals surface area (Å²) in [6.45, 7) is -0.0465. The molecule has 1 unspecified atom stereocenters. The molecule has 0 aliphatic carbocycles. The molecule has 1 aliphatic rings. The van der Waals surface area contributed by atoms with Gasteiger partial charge in [0.15, 0.2) is 5.82 Å². The van der Waals surface area contributed by atoms with Crippen LogP contribution in [0, 0.1) is 0 Å². The zero-order valence-corrected chi connectivity index (χ0v) is 13.2. The number of carboxylic acids is 1. The van der Waals surface area contributed by atoms with Gasteiger partial charge < -0.3 is 19.3 Å². The number of halogens is 3. The molecule has 8 nitrogen and oxygen atoms in total. The average Bonchev–Trinajstić information content (AvgIpc) is 2.99. The molecule has 138 valence electrons. The van der Waals surface area contributed by atoms with Crippen molar-refractivity contribution < 1.29 is 32.6 Å². The molecule has 0 saturated carbocycles. The second-order valence-electron chi connectivity index (χ2n) is 5.65. The van der Waals surface area contributed by atoms with Crippen LogP contribution < -0.4 is 4.74 Å². The Kier molecular flexibility index (Phi) is 4.53. The SMILES string of the molecule is O=C(O)C1Cn2cnnc2CN1C(=O)Cc1cccc(OC(F)(F)F)c1. The van der Waals surface area contributed by atoms with Crippen LogP contribution in [0.1, 0.15) is 11.4 Å². The predicted molar refractivity (Wildman–Crippen MR) is 78.8 cm³/mol. The Morgan fingerprint density at radius 2 is 2.12 bits per heavy atom. The van der Waals surface area contributed by atoms with Crippen molar-refractivity contribution in [3.63, 3.8) is 0 Å². The first-order valence-electron chi connectivity index (χ1n) is 7.46. The highest BCUT2D eigenvalue weighted by Crippen LogP contribution is 2.24. The molecule has 0 fully saturated rings. The van der Waals surface area contributed by atoms with E-state index in [9.17, 15) is 27.9 Å². The highest BCUT2D eigenvalue weighted by molar-refractivity contribution is 5.85. The number of aliphatic carboxylic acids is 1. The van der Waals surface area contributed by atoms with Crippen molar-refractivity contribution in [1.29, 1.82) is 0 Å². The van der Waals surface area contributed by atoms with Gasteiger partial charge in [-0.2, -0.15) is 0 Å². The second-order valence-corrected chi connectivity index (χ2v) is 5.65. The Morgan fingerprint density at radius 1 is 1.35 bits per heavy atom. The van der Waals surface area contributed by atoms with Gasteiger partial charge in [0, 0.05) is 0 Å². The minimum absolute atomic E-state index is 0.000626. The molecule has 0 saturated heterocycles. The molecular weight excluding hydrogens is 357 g/mol. The van der Waals surface area contributed by atoms with Gasteiger partial charge in [-0.1, -0.05) is 12.1 Å². The number of benzene rings is 1. The first-order chi connectivity index (χ1) is 12.2. The lowest BCUT2D eigenvalue weighted by Gasteiger charge is -2.33. The molecule has 1 atom stereocenters. The molecule has 11 heteroatoms. The van der Waals surface area contributed by atoms with Crippen molar-refractivity contribution >= 4 is 11.9 Å². The van der Waals surface area contributed by atoms with Crippen LogP contribution in [0.4, 0.5) is 13.2 Å².